The zero-order valence-corrected chi connectivity index (χ0v) is 17.1. The number of benzene rings is 2. The summed E-state index contributed by atoms with van der Waals surface area (Å²) < 4.78 is 11.3. The first kappa shape index (κ1) is 19.2. The molecule has 2 heterocycles. The molecule has 0 spiro atoms. The number of nitrogens with zero attached hydrogens (tertiary/aromatic N) is 2. The standard InChI is InChI=1S/C24H26N2O3/c1-4-26(15-17-9-10-22-23(13-17)29-12-11-28-22)24(27)19-14-21(16(2)3)25-20-8-6-5-7-18(19)20/h5-10,13-14,16H,4,11-12,15H2,1-3H3. The number of aromatic nitrogens is 1. The summed E-state index contributed by atoms with van der Waals surface area (Å²) in [6.07, 6.45) is 0. The number of pyridine rings is 1. The van der Waals surface area contributed by atoms with Crippen molar-refractivity contribution in [2.24, 2.45) is 0 Å². The molecule has 0 aliphatic carbocycles. The summed E-state index contributed by atoms with van der Waals surface area (Å²) in [5, 5.41) is 0.891. The number of carbonyl (C=O) groups excluding carboxylic acids is 1. The van der Waals surface area contributed by atoms with Crippen molar-refractivity contribution in [3.63, 3.8) is 0 Å². The van der Waals surface area contributed by atoms with Crippen molar-refractivity contribution in [3.05, 3.63) is 65.4 Å². The Bertz CT molecular complexity index is 1050. The van der Waals surface area contributed by atoms with Crippen LogP contribution in [0, 0.1) is 0 Å². The highest BCUT2D eigenvalue weighted by atomic mass is 16.6. The zero-order chi connectivity index (χ0) is 20.4. The van der Waals surface area contributed by atoms with Gasteiger partial charge in [-0.05, 0) is 42.7 Å². The van der Waals surface area contributed by atoms with Crippen molar-refractivity contribution < 1.29 is 14.3 Å². The van der Waals surface area contributed by atoms with Gasteiger partial charge in [0.25, 0.3) is 5.91 Å². The highest BCUT2D eigenvalue weighted by molar-refractivity contribution is 6.06. The lowest BCUT2D eigenvalue weighted by molar-refractivity contribution is 0.0754. The molecule has 0 saturated heterocycles. The third kappa shape index (κ3) is 3.90. The van der Waals surface area contributed by atoms with E-state index in [9.17, 15) is 4.79 Å². The molecule has 5 nitrogen and oxygen atoms in total. The zero-order valence-electron chi connectivity index (χ0n) is 17.1. The Morgan fingerprint density at radius 3 is 2.59 bits per heavy atom. The van der Waals surface area contributed by atoms with E-state index in [2.05, 4.69) is 13.8 Å². The van der Waals surface area contributed by atoms with Gasteiger partial charge in [-0.3, -0.25) is 9.78 Å². The molecule has 0 atom stereocenters. The predicted molar refractivity (Wildman–Crippen MR) is 114 cm³/mol. The number of amides is 1. The fourth-order valence-electron chi connectivity index (χ4n) is 3.57. The minimum atomic E-state index is 0.0166. The summed E-state index contributed by atoms with van der Waals surface area (Å²) in [5.74, 6) is 1.77. The molecule has 1 aromatic heterocycles. The van der Waals surface area contributed by atoms with Gasteiger partial charge in [0.1, 0.15) is 13.2 Å². The Labute approximate surface area is 171 Å². The van der Waals surface area contributed by atoms with Gasteiger partial charge in [0.05, 0.1) is 11.1 Å². The van der Waals surface area contributed by atoms with Gasteiger partial charge in [-0.1, -0.05) is 38.1 Å². The van der Waals surface area contributed by atoms with E-state index < -0.39 is 0 Å². The molecule has 2 aromatic carbocycles. The van der Waals surface area contributed by atoms with Crippen molar-refractivity contribution in [1.82, 2.24) is 9.88 Å². The first-order valence-corrected chi connectivity index (χ1v) is 10.1. The summed E-state index contributed by atoms with van der Waals surface area (Å²) >= 11 is 0. The number of hydrogen-bond donors (Lipinski definition) is 0. The third-order valence-electron chi connectivity index (χ3n) is 5.21. The molecule has 1 aliphatic rings. The molecule has 3 aromatic rings. The number of hydrogen-bond acceptors (Lipinski definition) is 4. The Hall–Kier alpha value is -3.08. The smallest absolute Gasteiger partial charge is 0.254 e. The number of fused-ring (bicyclic) bond motifs is 2. The molecule has 0 saturated carbocycles. The molecule has 29 heavy (non-hydrogen) atoms. The largest absolute Gasteiger partial charge is 0.486 e. The Morgan fingerprint density at radius 2 is 1.83 bits per heavy atom. The molecule has 1 aliphatic heterocycles. The SMILES string of the molecule is CCN(Cc1ccc2c(c1)OCCO2)C(=O)c1cc(C(C)C)nc2ccccc12. The summed E-state index contributed by atoms with van der Waals surface area (Å²) in [5.41, 5.74) is 3.52. The van der Waals surface area contributed by atoms with Gasteiger partial charge in [-0.15, -0.1) is 0 Å². The maximum atomic E-state index is 13.5. The maximum absolute atomic E-state index is 13.5. The second-order valence-corrected chi connectivity index (χ2v) is 7.56. The fourth-order valence-corrected chi connectivity index (χ4v) is 3.57. The van der Waals surface area contributed by atoms with Gasteiger partial charge in [0, 0.05) is 24.2 Å². The van der Waals surface area contributed by atoms with E-state index in [1.165, 1.54) is 0 Å². The molecule has 1 amide bonds. The van der Waals surface area contributed by atoms with E-state index in [1.807, 2.05) is 60.4 Å². The molecule has 0 bridgehead atoms. The monoisotopic (exact) mass is 390 g/mol. The summed E-state index contributed by atoms with van der Waals surface area (Å²) in [4.78, 5) is 20.1. The van der Waals surface area contributed by atoms with Gasteiger partial charge in [-0.25, -0.2) is 0 Å². The fraction of sp³-hybridized carbons (Fsp3) is 0.333. The number of para-hydroxylation sites is 1. The highest BCUT2D eigenvalue weighted by Crippen LogP contribution is 2.31. The molecule has 0 fully saturated rings. The van der Waals surface area contributed by atoms with Crippen LogP contribution in [-0.2, 0) is 6.54 Å². The van der Waals surface area contributed by atoms with Crippen LogP contribution in [0.15, 0.2) is 48.5 Å². The second-order valence-electron chi connectivity index (χ2n) is 7.56. The minimum Gasteiger partial charge on any atom is -0.486 e. The van der Waals surface area contributed by atoms with Crippen molar-refractivity contribution in [2.45, 2.75) is 33.2 Å². The number of carbonyl (C=O) groups is 1. The summed E-state index contributed by atoms with van der Waals surface area (Å²) in [6, 6.07) is 15.7. The maximum Gasteiger partial charge on any atom is 0.254 e. The van der Waals surface area contributed by atoms with Gasteiger partial charge in [-0.2, -0.15) is 0 Å². The molecule has 4 rings (SSSR count). The Kier molecular flexibility index (Phi) is 5.38. The van der Waals surface area contributed by atoms with Gasteiger partial charge < -0.3 is 14.4 Å². The predicted octanol–water partition coefficient (Wildman–Crippen LogP) is 4.79. The minimum absolute atomic E-state index is 0.0166. The van der Waals surface area contributed by atoms with Crippen LogP contribution in [0.1, 0.15) is 48.3 Å². The lowest BCUT2D eigenvalue weighted by Crippen LogP contribution is -2.30. The Morgan fingerprint density at radius 1 is 1.07 bits per heavy atom. The van der Waals surface area contributed by atoms with E-state index in [4.69, 9.17) is 14.5 Å². The van der Waals surface area contributed by atoms with Gasteiger partial charge in [0.2, 0.25) is 0 Å². The van der Waals surface area contributed by atoms with E-state index >= 15 is 0 Å². The van der Waals surface area contributed by atoms with Crippen LogP contribution in [0.4, 0.5) is 0 Å². The van der Waals surface area contributed by atoms with Crippen molar-refractivity contribution in [1.29, 1.82) is 0 Å². The summed E-state index contributed by atoms with van der Waals surface area (Å²) in [6.45, 7) is 8.44. The van der Waals surface area contributed by atoms with Crippen LogP contribution in [0.3, 0.4) is 0 Å². The third-order valence-corrected chi connectivity index (χ3v) is 5.21. The summed E-state index contributed by atoms with van der Waals surface area (Å²) in [7, 11) is 0. The first-order valence-electron chi connectivity index (χ1n) is 10.1. The normalized spacial score (nSPS) is 13.0. The van der Waals surface area contributed by atoms with Gasteiger partial charge in [0.15, 0.2) is 11.5 Å². The molecule has 0 N–H and O–H groups in total. The second kappa shape index (κ2) is 8.11. The highest BCUT2D eigenvalue weighted by Gasteiger charge is 2.20. The topological polar surface area (TPSA) is 51.7 Å². The molecule has 0 unspecified atom stereocenters. The van der Waals surface area contributed by atoms with E-state index in [-0.39, 0.29) is 11.8 Å². The van der Waals surface area contributed by atoms with E-state index in [1.54, 1.807) is 0 Å². The van der Waals surface area contributed by atoms with Crippen molar-refractivity contribution >= 4 is 16.8 Å². The average molecular weight is 390 g/mol. The van der Waals surface area contributed by atoms with Crippen molar-refractivity contribution in [2.75, 3.05) is 19.8 Å². The molecule has 0 radical (unpaired) electrons. The van der Waals surface area contributed by atoms with Crippen LogP contribution in [0.5, 0.6) is 11.5 Å². The van der Waals surface area contributed by atoms with Crippen LogP contribution >= 0.6 is 0 Å². The molecule has 5 heteroatoms. The van der Waals surface area contributed by atoms with Crippen LogP contribution < -0.4 is 9.47 Å². The number of rotatable bonds is 5. The molecule has 150 valence electrons. The van der Waals surface area contributed by atoms with E-state index in [0.29, 0.717) is 31.9 Å². The lowest BCUT2D eigenvalue weighted by Gasteiger charge is -2.24. The number of ether oxygens (including phenoxy) is 2. The Balaban J connectivity index is 1.67. The van der Waals surface area contributed by atoms with Gasteiger partial charge >= 0.3 is 0 Å². The molecular formula is C24H26N2O3. The van der Waals surface area contributed by atoms with Crippen LogP contribution in [0.25, 0.3) is 10.9 Å². The first-order chi connectivity index (χ1) is 14.1. The van der Waals surface area contributed by atoms with E-state index in [0.717, 1.165) is 33.7 Å². The van der Waals surface area contributed by atoms with Crippen LogP contribution in [-0.4, -0.2) is 35.5 Å². The quantitative estimate of drug-likeness (QED) is 0.628. The average Bonchev–Trinajstić information content (AvgIpc) is 2.76. The lowest BCUT2D eigenvalue weighted by atomic mass is 10.0. The molecular weight excluding hydrogens is 364 g/mol. The van der Waals surface area contributed by atoms with Crippen LogP contribution in [0.2, 0.25) is 0 Å². The van der Waals surface area contributed by atoms with Crippen molar-refractivity contribution in [3.8, 4) is 11.5 Å².